The first-order chi connectivity index (χ1) is 14.4. The number of unbranched alkanes of at least 4 members (excludes halogenated alkanes) is 3. The highest BCUT2D eigenvalue weighted by molar-refractivity contribution is 7.99. The minimum absolute atomic E-state index is 0.0339. The summed E-state index contributed by atoms with van der Waals surface area (Å²) in [5, 5.41) is 0.0339. The van der Waals surface area contributed by atoms with Gasteiger partial charge in [0, 0.05) is 21.9 Å². The summed E-state index contributed by atoms with van der Waals surface area (Å²) in [6, 6.07) is 3.37. The van der Waals surface area contributed by atoms with Crippen molar-refractivity contribution >= 4 is 28.7 Å². The van der Waals surface area contributed by atoms with Crippen LogP contribution in [0.5, 0.6) is 0 Å². The maximum Gasteiger partial charge on any atom is 0.458 e. The van der Waals surface area contributed by atoms with Crippen LogP contribution in [0.1, 0.15) is 45.1 Å². The van der Waals surface area contributed by atoms with E-state index in [1.165, 1.54) is 11.8 Å². The predicted molar refractivity (Wildman–Crippen MR) is 107 cm³/mol. The minimum Gasteiger partial charge on any atom is -0.465 e. The first-order valence-corrected chi connectivity index (χ1v) is 10.7. The molecular formula is C21H23F5O4S. The number of benzene rings is 1. The number of carbonyl (C=O) groups is 1. The van der Waals surface area contributed by atoms with Gasteiger partial charge in [0.15, 0.2) is 0 Å². The summed E-state index contributed by atoms with van der Waals surface area (Å²) in [6.07, 6.45) is -2.68. The molecule has 0 saturated heterocycles. The monoisotopic (exact) mass is 466 g/mol. The molecule has 0 aliphatic heterocycles. The van der Waals surface area contributed by atoms with Crippen LogP contribution in [-0.4, -0.2) is 24.5 Å². The predicted octanol–water partition coefficient (Wildman–Crippen LogP) is 6.30. The van der Waals surface area contributed by atoms with Gasteiger partial charge in [0.05, 0.1) is 12.5 Å². The summed E-state index contributed by atoms with van der Waals surface area (Å²) in [6.45, 7) is 3.84. The molecule has 172 valence electrons. The quantitative estimate of drug-likeness (QED) is 0.135. The van der Waals surface area contributed by atoms with Crippen LogP contribution in [-0.2, 0) is 15.5 Å². The molecule has 10 heteroatoms. The summed E-state index contributed by atoms with van der Waals surface area (Å²) < 4.78 is 75.4. The molecule has 0 fully saturated rings. The van der Waals surface area contributed by atoms with E-state index in [0.29, 0.717) is 24.8 Å². The van der Waals surface area contributed by atoms with Gasteiger partial charge in [0.1, 0.15) is 5.58 Å². The van der Waals surface area contributed by atoms with Gasteiger partial charge in [-0.3, -0.25) is 4.79 Å². The molecule has 0 bridgehead atoms. The first-order valence-electron chi connectivity index (χ1n) is 9.76. The third kappa shape index (κ3) is 6.69. The highest BCUT2D eigenvalue weighted by Crippen LogP contribution is 2.45. The molecule has 0 N–H and O–H groups in total. The Bertz CT molecular complexity index is 953. The zero-order valence-electron chi connectivity index (χ0n) is 17.1. The van der Waals surface area contributed by atoms with E-state index in [4.69, 9.17) is 9.15 Å². The zero-order chi connectivity index (χ0) is 23.2. The van der Waals surface area contributed by atoms with Gasteiger partial charge in [-0.15, -0.1) is 11.8 Å². The van der Waals surface area contributed by atoms with Gasteiger partial charge in [-0.25, -0.2) is 4.79 Å². The molecule has 2 rings (SSSR count). The molecule has 2 aromatic rings. The van der Waals surface area contributed by atoms with E-state index in [9.17, 15) is 31.5 Å². The standard InChI is InChI=1S/C21H23F5O4S/c1-13(2)19(28)29-9-5-3-4-6-10-31-17-12-18(27)30-16-8-7-14(11-15(16)17)20(22,23)21(24,25)26/h7-8,11-13H,3-6,9-10H2,1-2H3. The summed E-state index contributed by atoms with van der Waals surface area (Å²) in [4.78, 5) is 23.3. The van der Waals surface area contributed by atoms with E-state index in [1.807, 2.05) is 0 Å². The Morgan fingerprint density at radius 1 is 1.06 bits per heavy atom. The molecule has 0 spiro atoms. The number of thioether (sulfide) groups is 1. The topological polar surface area (TPSA) is 56.5 Å². The van der Waals surface area contributed by atoms with Crippen molar-refractivity contribution in [1.29, 1.82) is 0 Å². The van der Waals surface area contributed by atoms with Crippen LogP contribution in [0.25, 0.3) is 11.0 Å². The average molecular weight is 466 g/mol. The number of ether oxygens (including phenoxy) is 1. The van der Waals surface area contributed by atoms with Gasteiger partial charge in [0.2, 0.25) is 0 Å². The van der Waals surface area contributed by atoms with Crippen LogP contribution < -0.4 is 5.63 Å². The zero-order valence-corrected chi connectivity index (χ0v) is 17.9. The van der Waals surface area contributed by atoms with E-state index in [1.54, 1.807) is 13.8 Å². The number of hydrogen-bond acceptors (Lipinski definition) is 5. The van der Waals surface area contributed by atoms with Crippen LogP contribution in [0.2, 0.25) is 0 Å². The summed E-state index contributed by atoms with van der Waals surface area (Å²) in [7, 11) is 0. The molecule has 0 aliphatic rings. The van der Waals surface area contributed by atoms with E-state index in [0.717, 1.165) is 37.5 Å². The molecule has 1 heterocycles. The largest absolute Gasteiger partial charge is 0.465 e. The normalized spacial score (nSPS) is 12.5. The van der Waals surface area contributed by atoms with Crippen molar-refractivity contribution in [2.75, 3.05) is 12.4 Å². The molecule has 4 nitrogen and oxygen atoms in total. The molecule has 0 amide bonds. The fraction of sp³-hybridized carbons (Fsp3) is 0.524. The molecule has 0 atom stereocenters. The van der Waals surface area contributed by atoms with Crippen molar-refractivity contribution in [2.24, 2.45) is 5.92 Å². The molecule has 1 aromatic carbocycles. The molecule has 0 saturated carbocycles. The van der Waals surface area contributed by atoms with Crippen LogP contribution in [0.3, 0.4) is 0 Å². The SMILES string of the molecule is CC(C)C(=O)OCCCCCCSc1cc(=O)oc2ccc(C(F)(F)C(F)(F)F)cc12. The lowest BCUT2D eigenvalue weighted by molar-refractivity contribution is -0.289. The molecule has 1 aromatic heterocycles. The fourth-order valence-electron chi connectivity index (χ4n) is 2.69. The highest BCUT2D eigenvalue weighted by Gasteiger charge is 2.58. The number of halogens is 5. The smallest absolute Gasteiger partial charge is 0.458 e. The van der Waals surface area contributed by atoms with Crippen molar-refractivity contribution in [1.82, 2.24) is 0 Å². The number of fused-ring (bicyclic) bond motifs is 1. The summed E-state index contributed by atoms with van der Waals surface area (Å²) in [5.41, 5.74) is -1.97. The Kier molecular flexibility index (Phi) is 8.50. The molecule has 31 heavy (non-hydrogen) atoms. The van der Waals surface area contributed by atoms with Gasteiger partial charge >= 0.3 is 23.7 Å². The highest BCUT2D eigenvalue weighted by atomic mass is 32.2. The Morgan fingerprint density at radius 3 is 2.39 bits per heavy atom. The van der Waals surface area contributed by atoms with Gasteiger partial charge in [-0.05, 0) is 36.8 Å². The number of alkyl halides is 5. The third-order valence-electron chi connectivity index (χ3n) is 4.44. The molecule has 0 unspecified atom stereocenters. The fourth-order valence-corrected chi connectivity index (χ4v) is 3.75. The number of carbonyl (C=O) groups excluding carboxylic acids is 1. The van der Waals surface area contributed by atoms with E-state index < -0.39 is 23.3 Å². The lowest BCUT2D eigenvalue weighted by Crippen LogP contribution is -2.33. The van der Waals surface area contributed by atoms with Crippen LogP contribution in [0, 0.1) is 5.92 Å². The van der Waals surface area contributed by atoms with Crippen molar-refractivity contribution in [3.05, 3.63) is 40.2 Å². The van der Waals surface area contributed by atoms with Gasteiger partial charge in [-0.1, -0.05) is 26.7 Å². The van der Waals surface area contributed by atoms with Crippen molar-refractivity contribution in [3.8, 4) is 0 Å². The van der Waals surface area contributed by atoms with Crippen LogP contribution in [0.4, 0.5) is 22.0 Å². The van der Waals surface area contributed by atoms with Gasteiger partial charge in [-0.2, -0.15) is 22.0 Å². The minimum atomic E-state index is -5.73. The van der Waals surface area contributed by atoms with Gasteiger partial charge in [0.25, 0.3) is 0 Å². The molecule has 0 aliphatic carbocycles. The average Bonchev–Trinajstić information content (AvgIpc) is 2.68. The van der Waals surface area contributed by atoms with E-state index in [-0.39, 0.29) is 27.8 Å². The summed E-state index contributed by atoms with van der Waals surface area (Å²) in [5.74, 6) is -4.91. The Hall–Kier alpha value is -2.10. The number of esters is 1. The van der Waals surface area contributed by atoms with Crippen molar-refractivity contribution in [2.45, 2.75) is 56.5 Å². The van der Waals surface area contributed by atoms with Crippen LogP contribution >= 0.6 is 11.8 Å². The van der Waals surface area contributed by atoms with E-state index in [2.05, 4.69) is 0 Å². The Labute approximate surface area is 180 Å². The lowest BCUT2D eigenvalue weighted by atomic mass is 10.1. The lowest BCUT2D eigenvalue weighted by Gasteiger charge is -2.20. The van der Waals surface area contributed by atoms with Crippen LogP contribution in [0.15, 0.2) is 38.4 Å². The maximum atomic E-state index is 13.7. The maximum absolute atomic E-state index is 13.7. The van der Waals surface area contributed by atoms with Gasteiger partial charge < -0.3 is 9.15 Å². The van der Waals surface area contributed by atoms with Crippen molar-refractivity contribution < 1.29 is 35.9 Å². The second-order valence-corrected chi connectivity index (χ2v) is 8.43. The third-order valence-corrected chi connectivity index (χ3v) is 5.58. The number of rotatable bonds is 10. The Balaban J connectivity index is 1.98. The van der Waals surface area contributed by atoms with E-state index >= 15 is 0 Å². The first kappa shape index (κ1) is 25.2. The molecule has 0 radical (unpaired) electrons. The summed E-state index contributed by atoms with van der Waals surface area (Å²) >= 11 is 1.19. The Morgan fingerprint density at radius 2 is 1.74 bits per heavy atom. The molecular weight excluding hydrogens is 443 g/mol. The number of hydrogen-bond donors (Lipinski definition) is 0. The second kappa shape index (κ2) is 10.5. The van der Waals surface area contributed by atoms with Crippen molar-refractivity contribution in [3.63, 3.8) is 0 Å². The second-order valence-electron chi connectivity index (χ2n) is 7.30.